The van der Waals surface area contributed by atoms with Gasteiger partial charge in [-0.25, -0.2) is 9.37 Å². The second-order valence-corrected chi connectivity index (χ2v) is 6.69. The molecule has 1 aliphatic rings. The highest BCUT2D eigenvalue weighted by molar-refractivity contribution is 5.96. The number of halogens is 1. The Hall–Kier alpha value is -3.22. The number of H-pyrrole nitrogens is 1. The summed E-state index contributed by atoms with van der Waals surface area (Å²) in [7, 11) is 0. The zero-order valence-electron chi connectivity index (χ0n) is 14.6. The van der Waals surface area contributed by atoms with Gasteiger partial charge >= 0.3 is 0 Å². The molecule has 0 spiro atoms. The molecule has 0 bridgehead atoms. The first-order chi connectivity index (χ1) is 13.1. The van der Waals surface area contributed by atoms with Gasteiger partial charge in [-0.2, -0.15) is 0 Å². The normalized spacial score (nSPS) is 17.1. The van der Waals surface area contributed by atoms with Crippen molar-refractivity contribution < 1.29 is 14.0 Å². The lowest BCUT2D eigenvalue weighted by atomic mass is 9.96. The van der Waals surface area contributed by atoms with Crippen LogP contribution in [-0.2, 0) is 4.79 Å². The fourth-order valence-electron chi connectivity index (χ4n) is 3.38. The van der Waals surface area contributed by atoms with E-state index in [0.29, 0.717) is 31.0 Å². The van der Waals surface area contributed by atoms with Gasteiger partial charge in [0, 0.05) is 18.7 Å². The number of carbonyl (C=O) groups is 2. The number of anilines is 1. The van der Waals surface area contributed by atoms with Gasteiger partial charge in [0.2, 0.25) is 11.9 Å². The SMILES string of the molecule is O=C(Nc1nc2ccccc2[nH]1)C1CCCN(C(=O)c2ccc(F)cc2)C1. The van der Waals surface area contributed by atoms with Crippen LogP contribution in [0.1, 0.15) is 23.2 Å². The van der Waals surface area contributed by atoms with Crippen LogP contribution in [0.4, 0.5) is 10.3 Å². The maximum atomic E-state index is 13.1. The molecule has 0 radical (unpaired) electrons. The van der Waals surface area contributed by atoms with E-state index in [9.17, 15) is 14.0 Å². The minimum absolute atomic E-state index is 0.161. The summed E-state index contributed by atoms with van der Waals surface area (Å²) in [6, 6.07) is 13.0. The van der Waals surface area contributed by atoms with Crippen LogP contribution in [0.3, 0.4) is 0 Å². The number of amides is 2. The molecule has 1 aliphatic heterocycles. The number of aromatic nitrogens is 2. The average molecular weight is 366 g/mol. The van der Waals surface area contributed by atoms with E-state index < -0.39 is 0 Å². The molecular weight excluding hydrogens is 347 g/mol. The Bertz CT molecular complexity index is 950. The van der Waals surface area contributed by atoms with E-state index in [-0.39, 0.29) is 23.5 Å². The maximum absolute atomic E-state index is 13.1. The summed E-state index contributed by atoms with van der Waals surface area (Å²) in [4.78, 5) is 34.3. The molecule has 1 saturated heterocycles. The predicted octanol–water partition coefficient (Wildman–Crippen LogP) is 3.19. The molecule has 2 amide bonds. The molecule has 1 aromatic heterocycles. The summed E-state index contributed by atoms with van der Waals surface area (Å²) in [5.74, 6) is -0.630. The second kappa shape index (κ2) is 7.19. The molecule has 3 aromatic rings. The van der Waals surface area contributed by atoms with Crippen LogP contribution in [0.25, 0.3) is 11.0 Å². The highest BCUT2D eigenvalue weighted by Gasteiger charge is 2.29. The topological polar surface area (TPSA) is 78.1 Å². The molecule has 27 heavy (non-hydrogen) atoms. The standard InChI is InChI=1S/C20H19FN4O2/c21-15-9-7-13(8-10-15)19(27)25-11-3-4-14(12-25)18(26)24-20-22-16-5-1-2-6-17(16)23-20/h1-2,5-10,14H,3-4,11-12H2,(H2,22,23,24,26). The third-order valence-electron chi connectivity index (χ3n) is 4.80. The van der Waals surface area contributed by atoms with Crippen molar-refractivity contribution in [2.24, 2.45) is 5.92 Å². The average Bonchev–Trinajstić information content (AvgIpc) is 3.10. The first kappa shape index (κ1) is 17.2. The summed E-state index contributed by atoms with van der Waals surface area (Å²) < 4.78 is 13.1. The Morgan fingerprint density at radius 1 is 1.15 bits per heavy atom. The van der Waals surface area contributed by atoms with Crippen molar-refractivity contribution in [1.82, 2.24) is 14.9 Å². The van der Waals surface area contributed by atoms with E-state index in [1.165, 1.54) is 24.3 Å². The monoisotopic (exact) mass is 366 g/mol. The lowest BCUT2D eigenvalue weighted by Crippen LogP contribution is -2.43. The number of rotatable bonds is 3. The van der Waals surface area contributed by atoms with Gasteiger partial charge in [0.05, 0.1) is 17.0 Å². The van der Waals surface area contributed by atoms with Crippen LogP contribution in [0, 0.1) is 11.7 Å². The van der Waals surface area contributed by atoms with Gasteiger partial charge in [0.1, 0.15) is 5.82 Å². The van der Waals surface area contributed by atoms with E-state index in [1.54, 1.807) is 4.90 Å². The van der Waals surface area contributed by atoms with Gasteiger partial charge in [0.25, 0.3) is 5.91 Å². The largest absolute Gasteiger partial charge is 0.338 e. The first-order valence-electron chi connectivity index (χ1n) is 8.90. The van der Waals surface area contributed by atoms with Crippen molar-refractivity contribution in [3.05, 3.63) is 59.9 Å². The molecule has 1 atom stereocenters. The zero-order valence-corrected chi connectivity index (χ0v) is 14.6. The number of piperidine rings is 1. The molecule has 1 unspecified atom stereocenters. The lowest BCUT2D eigenvalue weighted by Gasteiger charge is -2.32. The molecule has 2 N–H and O–H groups in total. The summed E-state index contributed by atoms with van der Waals surface area (Å²) in [6.45, 7) is 0.924. The minimum Gasteiger partial charge on any atom is -0.338 e. The Labute approximate surface area is 155 Å². The van der Waals surface area contributed by atoms with E-state index in [4.69, 9.17) is 0 Å². The third kappa shape index (κ3) is 3.67. The van der Waals surface area contributed by atoms with Crippen LogP contribution in [0.2, 0.25) is 0 Å². The van der Waals surface area contributed by atoms with E-state index in [2.05, 4.69) is 15.3 Å². The Kier molecular flexibility index (Phi) is 4.58. The fourth-order valence-corrected chi connectivity index (χ4v) is 3.38. The molecule has 2 heterocycles. The van der Waals surface area contributed by atoms with E-state index >= 15 is 0 Å². The Morgan fingerprint density at radius 2 is 1.93 bits per heavy atom. The minimum atomic E-state index is -0.381. The summed E-state index contributed by atoms with van der Waals surface area (Å²) in [5.41, 5.74) is 2.06. The number of likely N-dealkylation sites (tertiary alicyclic amines) is 1. The van der Waals surface area contributed by atoms with Gasteiger partial charge in [-0.15, -0.1) is 0 Å². The number of hydrogen-bond acceptors (Lipinski definition) is 3. The smallest absolute Gasteiger partial charge is 0.253 e. The Morgan fingerprint density at radius 3 is 2.70 bits per heavy atom. The van der Waals surface area contributed by atoms with Gasteiger partial charge in [-0.3, -0.25) is 14.9 Å². The van der Waals surface area contributed by atoms with Gasteiger partial charge in [-0.1, -0.05) is 12.1 Å². The van der Waals surface area contributed by atoms with Crippen molar-refractivity contribution in [2.45, 2.75) is 12.8 Å². The van der Waals surface area contributed by atoms with Gasteiger partial charge in [0.15, 0.2) is 0 Å². The number of benzene rings is 2. The van der Waals surface area contributed by atoms with Crippen molar-refractivity contribution in [3.8, 4) is 0 Å². The third-order valence-corrected chi connectivity index (χ3v) is 4.80. The Balaban J connectivity index is 1.43. The summed E-state index contributed by atoms with van der Waals surface area (Å²) in [5, 5.41) is 2.81. The number of aromatic amines is 1. The fraction of sp³-hybridized carbons (Fsp3) is 0.250. The molecule has 1 fully saturated rings. The van der Waals surface area contributed by atoms with Crippen LogP contribution in [0.15, 0.2) is 48.5 Å². The first-order valence-corrected chi connectivity index (χ1v) is 8.90. The molecule has 138 valence electrons. The van der Waals surface area contributed by atoms with Crippen LogP contribution in [-0.4, -0.2) is 39.8 Å². The second-order valence-electron chi connectivity index (χ2n) is 6.69. The van der Waals surface area contributed by atoms with Gasteiger partial charge < -0.3 is 9.88 Å². The summed E-state index contributed by atoms with van der Waals surface area (Å²) in [6.07, 6.45) is 1.45. The maximum Gasteiger partial charge on any atom is 0.253 e. The molecule has 0 saturated carbocycles. The summed E-state index contributed by atoms with van der Waals surface area (Å²) >= 11 is 0. The van der Waals surface area contributed by atoms with Crippen molar-refractivity contribution in [1.29, 1.82) is 0 Å². The number of hydrogen-bond donors (Lipinski definition) is 2. The lowest BCUT2D eigenvalue weighted by molar-refractivity contribution is -0.121. The number of carbonyl (C=O) groups excluding carboxylic acids is 2. The van der Waals surface area contributed by atoms with Crippen molar-refractivity contribution >= 4 is 28.8 Å². The van der Waals surface area contributed by atoms with Crippen molar-refractivity contribution in [3.63, 3.8) is 0 Å². The number of para-hydroxylation sites is 2. The molecule has 0 aliphatic carbocycles. The number of imidazole rings is 1. The number of nitrogens with one attached hydrogen (secondary N) is 2. The molecule has 7 heteroatoms. The molecule has 2 aromatic carbocycles. The van der Waals surface area contributed by atoms with Crippen LogP contribution in [0.5, 0.6) is 0 Å². The van der Waals surface area contributed by atoms with E-state index in [0.717, 1.165) is 17.5 Å². The van der Waals surface area contributed by atoms with Gasteiger partial charge in [-0.05, 0) is 49.2 Å². The zero-order chi connectivity index (χ0) is 18.8. The highest BCUT2D eigenvalue weighted by atomic mass is 19.1. The van der Waals surface area contributed by atoms with Crippen LogP contribution < -0.4 is 5.32 Å². The van der Waals surface area contributed by atoms with Crippen molar-refractivity contribution in [2.75, 3.05) is 18.4 Å². The number of nitrogens with zero attached hydrogens (tertiary/aromatic N) is 2. The highest BCUT2D eigenvalue weighted by Crippen LogP contribution is 2.21. The van der Waals surface area contributed by atoms with E-state index in [1.807, 2.05) is 24.3 Å². The number of fused-ring (bicyclic) bond motifs is 1. The molecule has 4 rings (SSSR count). The van der Waals surface area contributed by atoms with Crippen LogP contribution >= 0.6 is 0 Å². The molecule has 6 nitrogen and oxygen atoms in total. The molecular formula is C20H19FN4O2. The predicted molar refractivity (Wildman–Crippen MR) is 99.8 cm³/mol. The quantitative estimate of drug-likeness (QED) is 0.747.